The fraction of sp³-hybridized carbons (Fsp3) is 0.400. The van der Waals surface area contributed by atoms with Gasteiger partial charge in [-0.1, -0.05) is 12.1 Å². The van der Waals surface area contributed by atoms with Crippen LogP contribution in [0.25, 0.3) is 11.0 Å². The van der Waals surface area contributed by atoms with Crippen molar-refractivity contribution in [3.63, 3.8) is 0 Å². The zero-order valence-corrected chi connectivity index (χ0v) is 11.6. The van der Waals surface area contributed by atoms with E-state index in [4.69, 9.17) is 0 Å². The number of benzene rings is 1. The molecule has 0 saturated carbocycles. The summed E-state index contributed by atoms with van der Waals surface area (Å²) in [5, 5.41) is 3.12. The van der Waals surface area contributed by atoms with Crippen molar-refractivity contribution in [2.75, 3.05) is 25.0 Å². The van der Waals surface area contributed by atoms with Crippen molar-refractivity contribution in [2.24, 2.45) is 0 Å². The molecule has 5 nitrogen and oxygen atoms in total. The van der Waals surface area contributed by atoms with Crippen molar-refractivity contribution < 1.29 is 4.79 Å². The summed E-state index contributed by atoms with van der Waals surface area (Å²) in [5.74, 6) is 0.827. The van der Waals surface area contributed by atoms with Crippen molar-refractivity contribution in [3.8, 4) is 0 Å². The second-order valence-electron chi connectivity index (χ2n) is 5.09. The van der Waals surface area contributed by atoms with Gasteiger partial charge in [-0.25, -0.2) is 9.97 Å². The van der Waals surface area contributed by atoms with E-state index in [1.54, 1.807) is 0 Å². The lowest BCUT2D eigenvalue weighted by atomic mass is 10.3. The van der Waals surface area contributed by atoms with E-state index in [-0.39, 0.29) is 12.5 Å². The van der Waals surface area contributed by atoms with E-state index < -0.39 is 0 Å². The predicted molar refractivity (Wildman–Crippen MR) is 78.6 cm³/mol. The molecule has 1 aromatic carbocycles. The number of likely N-dealkylation sites (tertiary alicyclic amines) is 1. The highest BCUT2D eigenvalue weighted by Gasteiger charge is 2.17. The molecular weight excluding hydrogens is 252 g/mol. The van der Waals surface area contributed by atoms with Crippen LogP contribution in [0.1, 0.15) is 18.5 Å². The van der Waals surface area contributed by atoms with Gasteiger partial charge >= 0.3 is 0 Å². The summed E-state index contributed by atoms with van der Waals surface area (Å²) in [6.07, 6.45) is 2.22. The Morgan fingerprint density at radius 1 is 1.20 bits per heavy atom. The average Bonchev–Trinajstić information content (AvgIpc) is 2.99. The second kappa shape index (κ2) is 5.45. The number of aryl methyl sites for hydroxylation is 1. The summed E-state index contributed by atoms with van der Waals surface area (Å²) in [5.41, 5.74) is 2.54. The monoisotopic (exact) mass is 270 g/mol. The minimum absolute atomic E-state index is 0.136. The highest BCUT2D eigenvalue weighted by Crippen LogP contribution is 2.16. The zero-order chi connectivity index (χ0) is 13.9. The largest absolute Gasteiger partial charge is 0.359 e. The number of carbonyl (C=O) groups is 1. The first-order chi connectivity index (χ1) is 9.74. The number of nitrogens with zero attached hydrogens (tertiary/aromatic N) is 3. The van der Waals surface area contributed by atoms with E-state index in [9.17, 15) is 4.79 Å². The van der Waals surface area contributed by atoms with Crippen molar-refractivity contribution in [2.45, 2.75) is 19.8 Å². The normalized spacial score (nSPS) is 14.8. The highest BCUT2D eigenvalue weighted by atomic mass is 16.2. The van der Waals surface area contributed by atoms with Crippen molar-refractivity contribution in [1.29, 1.82) is 0 Å². The summed E-state index contributed by atoms with van der Waals surface area (Å²) in [7, 11) is 0. The molecule has 0 radical (unpaired) electrons. The third-order valence-corrected chi connectivity index (χ3v) is 3.61. The lowest BCUT2D eigenvalue weighted by molar-refractivity contribution is -0.128. The Morgan fingerprint density at radius 3 is 2.55 bits per heavy atom. The topological polar surface area (TPSA) is 58.1 Å². The summed E-state index contributed by atoms with van der Waals surface area (Å²) in [6.45, 7) is 3.95. The predicted octanol–water partition coefficient (Wildman–Crippen LogP) is 1.97. The molecule has 3 rings (SSSR count). The first-order valence-electron chi connectivity index (χ1n) is 6.99. The van der Waals surface area contributed by atoms with Gasteiger partial charge in [0.15, 0.2) is 0 Å². The van der Waals surface area contributed by atoms with Gasteiger partial charge in [-0.15, -0.1) is 0 Å². The molecule has 1 aliphatic rings. The standard InChI is InChI=1S/C15H18N4O/c1-11-15(16-10-14(20)19-8-4-5-9-19)18-13-7-3-2-6-12(13)17-11/h2-3,6-7H,4-5,8-10H2,1H3,(H,16,18). The van der Waals surface area contributed by atoms with Crippen LogP contribution in [0.5, 0.6) is 0 Å². The maximum absolute atomic E-state index is 12.0. The molecule has 104 valence electrons. The first-order valence-corrected chi connectivity index (χ1v) is 6.99. The number of aromatic nitrogens is 2. The summed E-state index contributed by atoms with van der Waals surface area (Å²) >= 11 is 0. The number of nitrogens with one attached hydrogen (secondary N) is 1. The molecule has 1 N–H and O–H groups in total. The van der Waals surface area contributed by atoms with Crippen LogP contribution in [0.2, 0.25) is 0 Å². The van der Waals surface area contributed by atoms with Crippen LogP contribution >= 0.6 is 0 Å². The number of rotatable bonds is 3. The van der Waals surface area contributed by atoms with Crippen LogP contribution in [0.15, 0.2) is 24.3 Å². The number of para-hydroxylation sites is 2. The number of amides is 1. The van der Waals surface area contributed by atoms with Crippen LogP contribution in [0.3, 0.4) is 0 Å². The molecule has 20 heavy (non-hydrogen) atoms. The van der Waals surface area contributed by atoms with Crippen LogP contribution < -0.4 is 5.32 Å². The maximum Gasteiger partial charge on any atom is 0.241 e. The van der Waals surface area contributed by atoms with Gasteiger partial charge in [0.2, 0.25) is 5.91 Å². The average molecular weight is 270 g/mol. The summed E-state index contributed by atoms with van der Waals surface area (Å²) in [6, 6.07) is 7.75. The van der Waals surface area contributed by atoms with E-state index in [1.807, 2.05) is 36.1 Å². The first kappa shape index (κ1) is 12.8. The molecular formula is C15H18N4O. The van der Waals surface area contributed by atoms with Crippen LogP contribution in [-0.2, 0) is 4.79 Å². The number of carbonyl (C=O) groups excluding carboxylic acids is 1. The quantitative estimate of drug-likeness (QED) is 0.926. The summed E-state index contributed by atoms with van der Waals surface area (Å²) < 4.78 is 0. The molecule has 0 aliphatic carbocycles. The van der Waals surface area contributed by atoms with E-state index in [2.05, 4.69) is 15.3 Å². The fourth-order valence-corrected chi connectivity index (χ4v) is 2.49. The smallest absolute Gasteiger partial charge is 0.241 e. The number of hydrogen-bond donors (Lipinski definition) is 1. The summed E-state index contributed by atoms with van der Waals surface area (Å²) in [4.78, 5) is 22.9. The maximum atomic E-state index is 12.0. The Morgan fingerprint density at radius 2 is 1.85 bits per heavy atom. The van der Waals surface area contributed by atoms with Crippen molar-refractivity contribution >= 4 is 22.8 Å². The van der Waals surface area contributed by atoms with Gasteiger partial charge in [0.05, 0.1) is 23.3 Å². The molecule has 2 heterocycles. The van der Waals surface area contributed by atoms with Gasteiger partial charge in [-0.3, -0.25) is 4.79 Å². The molecule has 1 aliphatic heterocycles. The number of fused-ring (bicyclic) bond motifs is 1. The van der Waals surface area contributed by atoms with Crippen LogP contribution in [0, 0.1) is 6.92 Å². The lowest BCUT2D eigenvalue weighted by Crippen LogP contribution is -2.33. The fourth-order valence-electron chi connectivity index (χ4n) is 2.49. The third-order valence-electron chi connectivity index (χ3n) is 3.61. The number of anilines is 1. The lowest BCUT2D eigenvalue weighted by Gasteiger charge is -2.16. The molecule has 1 aromatic heterocycles. The van der Waals surface area contributed by atoms with Crippen molar-refractivity contribution in [1.82, 2.24) is 14.9 Å². The van der Waals surface area contributed by atoms with Crippen LogP contribution in [-0.4, -0.2) is 40.4 Å². The van der Waals surface area contributed by atoms with Crippen molar-refractivity contribution in [3.05, 3.63) is 30.0 Å². The minimum atomic E-state index is 0.136. The van der Waals surface area contributed by atoms with Crippen LogP contribution in [0.4, 0.5) is 5.82 Å². The third kappa shape index (κ3) is 2.57. The molecule has 2 aromatic rings. The SMILES string of the molecule is Cc1nc2ccccc2nc1NCC(=O)N1CCCC1. The minimum Gasteiger partial charge on any atom is -0.359 e. The molecule has 0 spiro atoms. The van der Waals surface area contributed by atoms with Gasteiger partial charge in [0, 0.05) is 13.1 Å². The Hall–Kier alpha value is -2.17. The Kier molecular flexibility index (Phi) is 3.50. The molecule has 5 heteroatoms. The van der Waals surface area contributed by atoms with E-state index in [0.717, 1.165) is 42.7 Å². The molecule has 0 bridgehead atoms. The Labute approximate surface area is 118 Å². The van der Waals surface area contributed by atoms with E-state index in [0.29, 0.717) is 5.82 Å². The highest BCUT2D eigenvalue weighted by molar-refractivity contribution is 5.82. The van der Waals surface area contributed by atoms with E-state index in [1.165, 1.54) is 0 Å². The van der Waals surface area contributed by atoms with E-state index >= 15 is 0 Å². The second-order valence-corrected chi connectivity index (χ2v) is 5.09. The van der Waals surface area contributed by atoms with Gasteiger partial charge in [0.25, 0.3) is 0 Å². The molecule has 1 saturated heterocycles. The Balaban J connectivity index is 1.73. The Bertz CT molecular complexity index is 635. The van der Waals surface area contributed by atoms with Gasteiger partial charge in [0.1, 0.15) is 5.82 Å². The molecule has 1 fully saturated rings. The van der Waals surface area contributed by atoms with Gasteiger partial charge in [-0.2, -0.15) is 0 Å². The molecule has 0 unspecified atom stereocenters. The van der Waals surface area contributed by atoms with Gasteiger partial charge in [-0.05, 0) is 31.9 Å². The number of hydrogen-bond acceptors (Lipinski definition) is 4. The molecule has 0 atom stereocenters. The van der Waals surface area contributed by atoms with Gasteiger partial charge < -0.3 is 10.2 Å². The zero-order valence-electron chi connectivity index (χ0n) is 11.6. The molecule has 1 amide bonds.